The normalized spacial score (nSPS) is 31.4. The first-order chi connectivity index (χ1) is 9.57. The van der Waals surface area contributed by atoms with Gasteiger partial charge < -0.3 is 9.80 Å². The fourth-order valence-corrected chi connectivity index (χ4v) is 3.71. The highest BCUT2D eigenvalue weighted by Gasteiger charge is 2.49. The number of amides is 2. The van der Waals surface area contributed by atoms with E-state index in [0.29, 0.717) is 19.5 Å². The molecule has 2 saturated heterocycles. The Kier molecular flexibility index (Phi) is 3.30. The van der Waals surface area contributed by atoms with E-state index in [-0.39, 0.29) is 17.4 Å². The molecule has 1 saturated carbocycles. The number of carbonyl (C=O) groups is 2. The molecule has 4 nitrogen and oxygen atoms in total. The van der Waals surface area contributed by atoms with Crippen molar-refractivity contribution in [2.45, 2.75) is 43.8 Å². The van der Waals surface area contributed by atoms with E-state index >= 15 is 0 Å². The fraction of sp³-hybridized carbons (Fsp3) is 0.733. The predicted molar refractivity (Wildman–Crippen MR) is 72.7 cm³/mol. The van der Waals surface area contributed by atoms with Gasteiger partial charge >= 0.3 is 0 Å². The molecular weight excluding hydrogens is 259 g/mol. The van der Waals surface area contributed by atoms with Gasteiger partial charge in [0.05, 0.1) is 5.92 Å². The van der Waals surface area contributed by atoms with Crippen LogP contribution < -0.4 is 0 Å². The van der Waals surface area contributed by atoms with Gasteiger partial charge in [0, 0.05) is 25.2 Å². The zero-order valence-electron chi connectivity index (χ0n) is 11.7. The first-order valence-corrected chi connectivity index (χ1v) is 7.44. The maximum Gasteiger partial charge on any atom is 0.246 e. The topological polar surface area (TPSA) is 40.6 Å². The summed E-state index contributed by atoms with van der Waals surface area (Å²) in [5, 5.41) is 0. The number of rotatable bonds is 2. The van der Waals surface area contributed by atoms with Gasteiger partial charge in [-0.15, -0.1) is 0 Å². The maximum absolute atomic E-state index is 13.0. The number of likely N-dealkylation sites (tertiary alicyclic amines) is 2. The molecule has 3 fully saturated rings. The second-order valence-electron chi connectivity index (χ2n) is 6.21. The highest BCUT2D eigenvalue weighted by atomic mass is 19.1. The van der Waals surface area contributed by atoms with Crippen LogP contribution in [0.15, 0.2) is 12.7 Å². The van der Waals surface area contributed by atoms with Gasteiger partial charge in [0.15, 0.2) is 0 Å². The van der Waals surface area contributed by atoms with Gasteiger partial charge in [-0.25, -0.2) is 4.39 Å². The Bertz CT molecular complexity index is 443. The Hall–Kier alpha value is -1.39. The van der Waals surface area contributed by atoms with Gasteiger partial charge in [-0.2, -0.15) is 0 Å². The van der Waals surface area contributed by atoms with E-state index in [4.69, 9.17) is 0 Å². The molecule has 1 spiro atoms. The number of piperidine rings is 1. The van der Waals surface area contributed by atoms with Crippen LogP contribution in [0.5, 0.6) is 0 Å². The summed E-state index contributed by atoms with van der Waals surface area (Å²) in [5.41, 5.74) is -0.0965. The van der Waals surface area contributed by atoms with Crippen LogP contribution >= 0.6 is 0 Å². The molecule has 2 amide bonds. The summed E-state index contributed by atoms with van der Waals surface area (Å²) in [4.78, 5) is 27.7. The highest BCUT2D eigenvalue weighted by Crippen LogP contribution is 2.41. The van der Waals surface area contributed by atoms with Gasteiger partial charge in [0.1, 0.15) is 6.17 Å². The average Bonchev–Trinajstić information content (AvgIpc) is 3.06. The van der Waals surface area contributed by atoms with E-state index in [1.807, 2.05) is 4.90 Å². The third-order valence-electron chi connectivity index (χ3n) is 5.07. The van der Waals surface area contributed by atoms with E-state index in [0.717, 1.165) is 32.2 Å². The van der Waals surface area contributed by atoms with Crippen LogP contribution in [0.2, 0.25) is 0 Å². The van der Waals surface area contributed by atoms with Gasteiger partial charge in [-0.05, 0) is 38.2 Å². The molecule has 0 bridgehead atoms. The molecule has 2 aliphatic heterocycles. The zero-order valence-corrected chi connectivity index (χ0v) is 11.7. The van der Waals surface area contributed by atoms with Crippen molar-refractivity contribution < 1.29 is 14.0 Å². The lowest BCUT2D eigenvalue weighted by Gasteiger charge is -2.44. The lowest BCUT2D eigenvalue weighted by Crippen LogP contribution is -2.54. The summed E-state index contributed by atoms with van der Waals surface area (Å²) in [5.74, 6) is -0.432. The SMILES string of the molecule is C=CC(=O)N1CCCC12CCN(C(=O)[C@H]1C[C@H]1F)CC2. The summed E-state index contributed by atoms with van der Waals surface area (Å²) in [6.07, 6.45) is 4.48. The number of alkyl halides is 1. The summed E-state index contributed by atoms with van der Waals surface area (Å²) >= 11 is 0. The number of halogens is 1. The lowest BCUT2D eigenvalue weighted by molar-refractivity contribution is -0.137. The third-order valence-corrected chi connectivity index (χ3v) is 5.07. The minimum atomic E-state index is -0.927. The van der Waals surface area contributed by atoms with Crippen molar-refractivity contribution in [3.05, 3.63) is 12.7 Å². The Balaban J connectivity index is 1.63. The molecule has 0 aromatic heterocycles. The molecule has 3 rings (SSSR count). The summed E-state index contributed by atoms with van der Waals surface area (Å²) in [6.45, 7) is 5.64. The van der Waals surface area contributed by atoms with Crippen molar-refractivity contribution in [3.8, 4) is 0 Å². The van der Waals surface area contributed by atoms with Crippen LogP contribution in [0.1, 0.15) is 32.1 Å². The molecule has 110 valence electrons. The molecule has 3 aliphatic rings. The van der Waals surface area contributed by atoms with E-state index in [1.165, 1.54) is 6.08 Å². The molecule has 20 heavy (non-hydrogen) atoms. The minimum Gasteiger partial charge on any atom is -0.342 e. The first-order valence-electron chi connectivity index (χ1n) is 7.44. The number of nitrogens with zero attached hydrogens (tertiary/aromatic N) is 2. The molecule has 0 aromatic rings. The smallest absolute Gasteiger partial charge is 0.246 e. The van der Waals surface area contributed by atoms with Crippen molar-refractivity contribution in [2.75, 3.05) is 19.6 Å². The van der Waals surface area contributed by atoms with E-state index in [2.05, 4.69) is 6.58 Å². The standard InChI is InChI=1S/C15H21FN2O2/c1-2-13(19)18-7-3-4-15(18)5-8-17(9-6-15)14(20)11-10-12(11)16/h2,11-12H,1,3-10H2/t11-,12+/m0/s1. The third kappa shape index (κ3) is 2.13. The van der Waals surface area contributed by atoms with Crippen molar-refractivity contribution in [2.24, 2.45) is 5.92 Å². The van der Waals surface area contributed by atoms with Gasteiger partial charge in [0.25, 0.3) is 0 Å². The summed E-state index contributed by atoms with van der Waals surface area (Å²) in [7, 11) is 0. The van der Waals surface area contributed by atoms with Crippen LogP contribution in [-0.4, -0.2) is 53.0 Å². The minimum absolute atomic E-state index is 0.00621. The van der Waals surface area contributed by atoms with Crippen molar-refractivity contribution in [1.82, 2.24) is 9.80 Å². The molecule has 2 heterocycles. The van der Waals surface area contributed by atoms with Crippen LogP contribution in [0.3, 0.4) is 0 Å². The van der Waals surface area contributed by atoms with E-state index < -0.39 is 12.1 Å². The van der Waals surface area contributed by atoms with Crippen LogP contribution in [0.25, 0.3) is 0 Å². The molecule has 0 N–H and O–H groups in total. The highest BCUT2D eigenvalue weighted by molar-refractivity contribution is 5.88. The Morgan fingerprint density at radius 1 is 1.20 bits per heavy atom. The van der Waals surface area contributed by atoms with E-state index in [1.54, 1.807) is 4.90 Å². The van der Waals surface area contributed by atoms with Crippen molar-refractivity contribution in [1.29, 1.82) is 0 Å². The monoisotopic (exact) mass is 280 g/mol. The second kappa shape index (κ2) is 4.86. The van der Waals surface area contributed by atoms with Crippen molar-refractivity contribution >= 4 is 11.8 Å². The van der Waals surface area contributed by atoms with Gasteiger partial charge in [-0.1, -0.05) is 6.58 Å². The maximum atomic E-state index is 13.0. The molecule has 0 unspecified atom stereocenters. The second-order valence-corrected chi connectivity index (χ2v) is 6.21. The van der Waals surface area contributed by atoms with Crippen LogP contribution in [0.4, 0.5) is 4.39 Å². The lowest BCUT2D eigenvalue weighted by atomic mass is 9.84. The Morgan fingerprint density at radius 2 is 1.85 bits per heavy atom. The molecule has 5 heteroatoms. The summed E-state index contributed by atoms with van der Waals surface area (Å²) < 4.78 is 13.0. The molecule has 2 atom stereocenters. The largest absolute Gasteiger partial charge is 0.342 e. The van der Waals surface area contributed by atoms with Gasteiger partial charge in [-0.3, -0.25) is 9.59 Å². The molecule has 1 aliphatic carbocycles. The molecule has 0 aromatic carbocycles. The van der Waals surface area contributed by atoms with Gasteiger partial charge in [0.2, 0.25) is 11.8 Å². The fourth-order valence-electron chi connectivity index (χ4n) is 3.71. The predicted octanol–water partition coefficient (Wildman–Crippen LogP) is 1.51. The van der Waals surface area contributed by atoms with Crippen LogP contribution in [0, 0.1) is 5.92 Å². The zero-order chi connectivity index (χ0) is 14.3. The quantitative estimate of drug-likeness (QED) is 0.720. The number of carbonyl (C=O) groups excluding carboxylic acids is 2. The first kappa shape index (κ1) is 13.6. The molecular formula is C15H21FN2O2. The number of hydrogen-bond acceptors (Lipinski definition) is 2. The van der Waals surface area contributed by atoms with Crippen LogP contribution in [-0.2, 0) is 9.59 Å². The molecule has 0 radical (unpaired) electrons. The Morgan fingerprint density at radius 3 is 2.40 bits per heavy atom. The average molecular weight is 280 g/mol. The van der Waals surface area contributed by atoms with Crippen molar-refractivity contribution in [3.63, 3.8) is 0 Å². The number of hydrogen-bond donors (Lipinski definition) is 0. The summed E-state index contributed by atoms with van der Waals surface area (Å²) in [6, 6.07) is 0. The van der Waals surface area contributed by atoms with E-state index in [9.17, 15) is 14.0 Å². The Labute approximate surface area is 118 Å².